The lowest BCUT2D eigenvalue weighted by molar-refractivity contribution is -0.138. The Morgan fingerprint density at radius 3 is 2.60 bits per heavy atom. The zero-order valence-corrected chi connectivity index (χ0v) is 11.3. The number of carboxylic acids is 1. The number of anilines is 1. The molecule has 20 heavy (non-hydrogen) atoms. The predicted molar refractivity (Wildman–Crippen MR) is 75.9 cm³/mol. The molecular weight excluding hydrogens is 258 g/mol. The maximum absolute atomic E-state index is 11.5. The van der Waals surface area contributed by atoms with E-state index in [2.05, 4.69) is 4.90 Å². The normalized spacial score (nSPS) is 16.7. The second-order valence-corrected chi connectivity index (χ2v) is 4.89. The summed E-state index contributed by atoms with van der Waals surface area (Å²) in [6.45, 7) is 2.96. The van der Waals surface area contributed by atoms with Gasteiger partial charge in [0.25, 0.3) is 5.91 Å². The number of aliphatic carboxylic acids is 1. The van der Waals surface area contributed by atoms with Crippen molar-refractivity contribution in [2.45, 2.75) is 6.42 Å². The number of carbonyl (C=O) groups is 2. The van der Waals surface area contributed by atoms with Gasteiger partial charge in [-0.25, -0.2) is 0 Å². The molecule has 0 radical (unpaired) electrons. The highest BCUT2D eigenvalue weighted by Gasteiger charge is 2.19. The second kappa shape index (κ2) is 6.38. The van der Waals surface area contributed by atoms with Crippen LogP contribution in [0.2, 0.25) is 0 Å². The lowest BCUT2D eigenvalue weighted by Crippen LogP contribution is -2.34. The van der Waals surface area contributed by atoms with Crippen LogP contribution in [0, 0.1) is 0 Å². The molecule has 0 aliphatic carbocycles. The Morgan fingerprint density at radius 1 is 1.15 bits per heavy atom. The van der Waals surface area contributed by atoms with Crippen LogP contribution in [0.1, 0.15) is 16.8 Å². The van der Waals surface area contributed by atoms with Gasteiger partial charge in [-0.15, -0.1) is 0 Å². The lowest BCUT2D eigenvalue weighted by atomic mass is 10.1. The Kier molecular flexibility index (Phi) is 4.57. The maximum atomic E-state index is 11.5. The van der Waals surface area contributed by atoms with E-state index >= 15 is 0 Å². The van der Waals surface area contributed by atoms with E-state index in [-0.39, 0.29) is 6.54 Å². The molecule has 0 saturated carbocycles. The van der Waals surface area contributed by atoms with Crippen LogP contribution >= 0.6 is 0 Å². The van der Waals surface area contributed by atoms with Gasteiger partial charge in [0.2, 0.25) is 0 Å². The van der Waals surface area contributed by atoms with Crippen molar-refractivity contribution >= 4 is 17.6 Å². The van der Waals surface area contributed by atoms with Crippen LogP contribution in [0.15, 0.2) is 24.3 Å². The van der Waals surface area contributed by atoms with Gasteiger partial charge in [-0.1, -0.05) is 12.1 Å². The smallest absolute Gasteiger partial charge is 0.317 e. The molecule has 0 bridgehead atoms. The van der Waals surface area contributed by atoms with Crippen molar-refractivity contribution in [2.24, 2.45) is 5.73 Å². The minimum atomic E-state index is -0.809. The summed E-state index contributed by atoms with van der Waals surface area (Å²) in [5.74, 6) is -1.25. The van der Waals surface area contributed by atoms with Gasteiger partial charge in [-0.05, 0) is 18.6 Å². The maximum Gasteiger partial charge on any atom is 0.317 e. The summed E-state index contributed by atoms with van der Waals surface area (Å²) >= 11 is 0. The van der Waals surface area contributed by atoms with Crippen LogP contribution in [0.5, 0.6) is 0 Å². The largest absolute Gasteiger partial charge is 0.480 e. The van der Waals surface area contributed by atoms with Gasteiger partial charge >= 0.3 is 5.97 Å². The number of hydrogen-bond acceptors (Lipinski definition) is 4. The van der Waals surface area contributed by atoms with Gasteiger partial charge < -0.3 is 15.7 Å². The number of benzene rings is 1. The van der Waals surface area contributed by atoms with Crippen LogP contribution in [0.4, 0.5) is 5.69 Å². The van der Waals surface area contributed by atoms with E-state index in [0.717, 1.165) is 25.2 Å². The molecule has 1 amide bonds. The molecule has 1 saturated heterocycles. The van der Waals surface area contributed by atoms with Crippen molar-refractivity contribution in [3.05, 3.63) is 29.8 Å². The molecule has 1 aromatic rings. The van der Waals surface area contributed by atoms with Gasteiger partial charge in [0.05, 0.1) is 12.1 Å². The number of carboxylic acid groups (broad SMARTS) is 1. The molecule has 108 valence electrons. The molecule has 0 atom stereocenters. The van der Waals surface area contributed by atoms with Crippen molar-refractivity contribution in [3.63, 3.8) is 0 Å². The lowest BCUT2D eigenvalue weighted by Gasteiger charge is -2.24. The molecule has 6 nitrogen and oxygen atoms in total. The van der Waals surface area contributed by atoms with Gasteiger partial charge in [-0.2, -0.15) is 0 Å². The standard InChI is InChI=1S/C14H19N3O3/c15-14(20)11-4-1-2-5-12(11)17-7-3-6-16(8-9-17)10-13(18)19/h1-2,4-5H,3,6-10H2,(H2,15,20)(H,18,19). The Labute approximate surface area is 117 Å². The van der Waals surface area contributed by atoms with E-state index in [1.807, 2.05) is 17.0 Å². The summed E-state index contributed by atoms with van der Waals surface area (Å²) in [6, 6.07) is 7.27. The third kappa shape index (κ3) is 3.48. The molecule has 1 heterocycles. The average Bonchev–Trinajstić information content (AvgIpc) is 2.63. The predicted octanol–water partition coefficient (Wildman–Crippen LogP) is 0.382. The first-order valence-corrected chi connectivity index (χ1v) is 6.66. The molecule has 1 fully saturated rings. The molecular formula is C14H19N3O3. The summed E-state index contributed by atoms with van der Waals surface area (Å²) in [5.41, 5.74) is 6.74. The summed E-state index contributed by atoms with van der Waals surface area (Å²) < 4.78 is 0. The van der Waals surface area contributed by atoms with Crippen LogP contribution in [0.25, 0.3) is 0 Å². The third-order valence-electron chi connectivity index (χ3n) is 3.46. The first-order valence-electron chi connectivity index (χ1n) is 6.66. The fraction of sp³-hybridized carbons (Fsp3) is 0.429. The summed E-state index contributed by atoms with van der Waals surface area (Å²) in [7, 11) is 0. The van der Waals surface area contributed by atoms with Crippen molar-refractivity contribution in [1.29, 1.82) is 0 Å². The van der Waals surface area contributed by atoms with Gasteiger partial charge in [0, 0.05) is 31.9 Å². The fourth-order valence-electron chi connectivity index (χ4n) is 2.52. The minimum absolute atomic E-state index is 0.0608. The Hall–Kier alpha value is -2.08. The van der Waals surface area contributed by atoms with E-state index in [9.17, 15) is 9.59 Å². The van der Waals surface area contributed by atoms with Crippen molar-refractivity contribution in [2.75, 3.05) is 37.6 Å². The highest BCUT2D eigenvalue weighted by molar-refractivity contribution is 5.98. The number of nitrogens with two attached hydrogens (primary N) is 1. The molecule has 2 rings (SSSR count). The van der Waals surface area contributed by atoms with E-state index in [1.165, 1.54) is 0 Å². The fourth-order valence-corrected chi connectivity index (χ4v) is 2.52. The van der Waals surface area contributed by atoms with Crippen LogP contribution in [-0.2, 0) is 4.79 Å². The van der Waals surface area contributed by atoms with E-state index < -0.39 is 11.9 Å². The van der Waals surface area contributed by atoms with Crippen molar-refractivity contribution < 1.29 is 14.7 Å². The Morgan fingerprint density at radius 2 is 1.90 bits per heavy atom. The number of nitrogens with zero attached hydrogens (tertiary/aromatic N) is 2. The third-order valence-corrected chi connectivity index (χ3v) is 3.46. The second-order valence-electron chi connectivity index (χ2n) is 4.89. The van der Waals surface area contributed by atoms with Crippen molar-refractivity contribution in [3.8, 4) is 0 Å². The Bertz CT molecular complexity index is 504. The van der Waals surface area contributed by atoms with E-state index in [0.29, 0.717) is 18.7 Å². The zero-order valence-electron chi connectivity index (χ0n) is 11.3. The van der Waals surface area contributed by atoms with Crippen LogP contribution in [-0.4, -0.2) is 54.6 Å². The van der Waals surface area contributed by atoms with Gasteiger partial charge in [0.1, 0.15) is 0 Å². The minimum Gasteiger partial charge on any atom is -0.480 e. The highest BCUT2D eigenvalue weighted by Crippen LogP contribution is 2.21. The van der Waals surface area contributed by atoms with Crippen LogP contribution in [0.3, 0.4) is 0 Å². The highest BCUT2D eigenvalue weighted by atomic mass is 16.4. The number of carbonyl (C=O) groups excluding carboxylic acids is 1. The molecule has 1 aliphatic heterocycles. The number of para-hydroxylation sites is 1. The summed E-state index contributed by atoms with van der Waals surface area (Å²) in [6.07, 6.45) is 0.861. The summed E-state index contributed by atoms with van der Waals surface area (Å²) in [5, 5.41) is 8.84. The number of rotatable bonds is 4. The molecule has 1 aromatic carbocycles. The van der Waals surface area contributed by atoms with Gasteiger partial charge in [-0.3, -0.25) is 14.5 Å². The molecule has 0 aromatic heterocycles. The SMILES string of the molecule is NC(=O)c1ccccc1N1CCCN(CC(=O)O)CC1. The molecule has 0 spiro atoms. The quantitative estimate of drug-likeness (QED) is 0.831. The number of hydrogen-bond donors (Lipinski definition) is 2. The number of primary amides is 1. The molecule has 0 unspecified atom stereocenters. The Balaban J connectivity index is 2.11. The average molecular weight is 277 g/mol. The van der Waals surface area contributed by atoms with Gasteiger partial charge in [0.15, 0.2) is 0 Å². The summed E-state index contributed by atoms with van der Waals surface area (Å²) in [4.78, 5) is 26.2. The molecule has 1 aliphatic rings. The van der Waals surface area contributed by atoms with E-state index in [1.54, 1.807) is 12.1 Å². The first-order chi connectivity index (χ1) is 9.58. The van der Waals surface area contributed by atoms with Crippen molar-refractivity contribution in [1.82, 2.24) is 4.90 Å². The molecule has 3 N–H and O–H groups in total. The number of amides is 1. The zero-order chi connectivity index (χ0) is 14.5. The monoisotopic (exact) mass is 277 g/mol. The first kappa shape index (κ1) is 14.3. The topological polar surface area (TPSA) is 86.9 Å². The molecule has 6 heteroatoms. The van der Waals surface area contributed by atoms with E-state index in [4.69, 9.17) is 10.8 Å². The van der Waals surface area contributed by atoms with Crippen LogP contribution < -0.4 is 10.6 Å².